The molecule has 0 bridgehead atoms. The number of hydrogen-bond donors (Lipinski definition) is 1. The van der Waals surface area contributed by atoms with Gasteiger partial charge >= 0.3 is 6.03 Å². The third kappa shape index (κ3) is 3.45. The van der Waals surface area contributed by atoms with E-state index in [9.17, 15) is 4.79 Å². The summed E-state index contributed by atoms with van der Waals surface area (Å²) in [5, 5.41) is 3.05. The molecule has 1 N–H and O–H groups in total. The van der Waals surface area contributed by atoms with Crippen LogP contribution in [0, 0.1) is 0 Å². The minimum atomic E-state index is -0.0317. The third-order valence-electron chi connectivity index (χ3n) is 5.13. The maximum atomic E-state index is 12.6. The zero-order valence-electron chi connectivity index (χ0n) is 14.3. The number of nitrogens with zero attached hydrogens (tertiary/aromatic N) is 2. The molecule has 0 spiro atoms. The fourth-order valence-corrected chi connectivity index (χ4v) is 3.73. The molecule has 0 radical (unpaired) electrons. The number of pyridine rings is 1. The van der Waals surface area contributed by atoms with Crippen LogP contribution in [0.2, 0.25) is 0 Å². The van der Waals surface area contributed by atoms with E-state index in [4.69, 9.17) is 4.74 Å². The smallest absolute Gasteiger partial charge is 0.321 e. The number of benzene rings is 1. The van der Waals surface area contributed by atoms with Gasteiger partial charge in [0, 0.05) is 25.5 Å². The van der Waals surface area contributed by atoms with Crippen molar-refractivity contribution < 1.29 is 9.53 Å². The molecule has 1 fully saturated rings. The molecular formula is C20H23N3O2. The fourth-order valence-electron chi connectivity index (χ4n) is 3.73. The predicted octanol–water partition coefficient (Wildman–Crippen LogP) is 3.82. The highest BCUT2D eigenvalue weighted by Gasteiger charge is 2.25. The number of para-hydroxylation sites is 1. The van der Waals surface area contributed by atoms with Gasteiger partial charge in [-0.05, 0) is 60.9 Å². The van der Waals surface area contributed by atoms with E-state index in [1.165, 1.54) is 11.1 Å². The monoisotopic (exact) mass is 337 g/mol. The topological polar surface area (TPSA) is 54.5 Å². The Labute approximate surface area is 148 Å². The molecule has 3 heterocycles. The van der Waals surface area contributed by atoms with Crippen LogP contribution in [-0.2, 0) is 6.42 Å². The lowest BCUT2D eigenvalue weighted by atomic mass is 9.90. The normalized spacial score (nSPS) is 17.5. The highest BCUT2D eigenvalue weighted by Crippen LogP contribution is 2.33. The Bertz CT molecular complexity index is 740. The lowest BCUT2D eigenvalue weighted by Gasteiger charge is -2.32. The molecule has 0 unspecified atom stereocenters. The minimum absolute atomic E-state index is 0.0317. The quantitative estimate of drug-likeness (QED) is 0.906. The number of urea groups is 1. The second-order valence-corrected chi connectivity index (χ2v) is 6.72. The number of hydrogen-bond acceptors (Lipinski definition) is 3. The van der Waals surface area contributed by atoms with Crippen LogP contribution >= 0.6 is 0 Å². The molecule has 4 rings (SSSR count). The van der Waals surface area contributed by atoms with Gasteiger partial charge in [0.25, 0.3) is 0 Å². The van der Waals surface area contributed by atoms with Crippen LogP contribution in [-0.4, -0.2) is 35.6 Å². The molecule has 1 aromatic carbocycles. The van der Waals surface area contributed by atoms with E-state index in [2.05, 4.69) is 28.5 Å². The molecule has 1 aromatic heterocycles. The molecule has 1 saturated heterocycles. The van der Waals surface area contributed by atoms with Crippen LogP contribution < -0.4 is 10.1 Å². The molecule has 0 aliphatic carbocycles. The molecule has 2 aromatic rings. The van der Waals surface area contributed by atoms with Gasteiger partial charge in [0.1, 0.15) is 5.75 Å². The summed E-state index contributed by atoms with van der Waals surface area (Å²) in [6.45, 7) is 2.26. The Morgan fingerprint density at radius 2 is 1.96 bits per heavy atom. The predicted molar refractivity (Wildman–Crippen MR) is 97.1 cm³/mol. The van der Waals surface area contributed by atoms with Gasteiger partial charge in [-0.25, -0.2) is 4.79 Å². The van der Waals surface area contributed by atoms with Crippen molar-refractivity contribution in [3.05, 3.63) is 53.9 Å². The Morgan fingerprint density at radius 3 is 2.76 bits per heavy atom. The molecule has 2 aliphatic rings. The summed E-state index contributed by atoms with van der Waals surface area (Å²) in [5.41, 5.74) is 3.29. The Kier molecular flexibility index (Phi) is 4.55. The number of amides is 2. The Balaban J connectivity index is 1.38. The zero-order valence-corrected chi connectivity index (χ0v) is 14.3. The Morgan fingerprint density at radius 1 is 1.16 bits per heavy atom. The SMILES string of the molecule is O=C(Nc1cccc2c1OCCC2)N1CCC(c2ccncc2)CC1. The van der Waals surface area contributed by atoms with E-state index in [1.54, 1.807) is 0 Å². The van der Waals surface area contributed by atoms with Crippen molar-refractivity contribution in [1.82, 2.24) is 9.88 Å². The van der Waals surface area contributed by atoms with E-state index >= 15 is 0 Å². The largest absolute Gasteiger partial charge is 0.491 e. The van der Waals surface area contributed by atoms with E-state index in [0.29, 0.717) is 5.92 Å². The molecule has 0 atom stereocenters. The minimum Gasteiger partial charge on any atom is -0.491 e. The summed E-state index contributed by atoms with van der Waals surface area (Å²) in [6, 6.07) is 10.1. The molecule has 130 valence electrons. The van der Waals surface area contributed by atoms with Gasteiger partial charge in [-0.3, -0.25) is 4.98 Å². The van der Waals surface area contributed by atoms with Crippen molar-refractivity contribution in [3.8, 4) is 5.75 Å². The van der Waals surface area contributed by atoms with Gasteiger partial charge in [0.2, 0.25) is 0 Å². The van der Waals surface area contributed by atoms with Crippen molar-refractivity contribution in [2.75, 3.05) is 25.0 Å². The Hall–Kier alpha value is -2.56. The summed E-state index contributed by atoms with van der Waals surface area (Å²) in [6.07, 6.45) is 7.70. The standard InChI is InChI=1S/C20H23N3O2/c24-20(22-18-5-1-3-17-4-2-14-25-19(17)18)23-12-8-16(9-13-23)15-6-10-21-11-7-15/h1,3,5-7,10-11,16H,2,4,8-9,12-14H2,(H,22,24). The van der Waals surface area contributed by atoms with Crippen LogP contribution in [0.3, 0.4) is 0 Å². The number of piperidine rings is 1. The number of likely N-dealkylation sites (tertiary alicyclic amines) is 1. The molecular weight excluding hydrogens is 314 g/mol. The van der Waals surface area contributed by atoms with Gasteiger partial charge in [-0.2, -0.15) is 0 Å². The van der Waals surface area contributed by atoms with Gasteiger partial charge in [-0.15, -0.1) is 0 Å². The highest BCUT2D eigenvalue weighted by molar-refractivity contribution is 5.91. The first-order chi connectivity index (χ1) is 12.3. The first-order valence-electron chi connectivity index (χ1n) is 9.02. The van der Waals surface area contributed by atoms with Crippen LogP contribution in [0.15, 0.2) is 42.7 Å². The van der Waals surface area contributed by atoms with Crippen molar-refractivity contribution in [2.45, 2.75) is 31.6 Å². The summed E-state index contributed by atoms with van der Waals surface area (Å²) >= 11 is 0. The average molecular weight is 337 g/mol. The number of anilines is 1. The van der Waals surface area contributed by atoms with Crippen molar-refractivity contribution in [2.24, 2.45) is 0 Å². The highest BCUT2D eigenvalue weighted by atomic mass is 16.5. The fraction of sp³-hybridized carbons (Fsp3) is 0.400. The van der Waals surface area contributed by atoms with Crippen molar-refractivity contribution in [1.29, 1.82) is 0 Å². The summed E-state index contributed by atoms with van der Waals surface area (Å²) in [4.78, 5) is 18.6. The van der Waals surface area contributed by atoms with Crippen LogP contribution in [0.4, 0.5) is 10.5 Å². The van der Waals surface area contributed by atoms with Gasteiger partial charge in [0.15, 0.2) is 0 Å². The number of aromatic nitrogens is 1. The summed E-state index contributed by atoms with van der Waals surface area (Å²) < 4.78 is 5.78. The number of carbonyl (C=O) groups excluding carboxylic acids is 1. The van der Waals surface area contributed by atoms with Crippen LogP contribution in [0.1, 0.15) is 36.3 Å². The van der Waals surface area contributed by atoms with E-state index < -0.39 is 0 Å². The molecule has 0 saturated carbocycles. The molecule has 2 aliphatic heterocycles. The lowest BCUT2D eigenvalue weighted by molar-refractivity contribution is 0.194. The first-order valence-corrected chi connectivity index (χ1v) is 9.02. The van der Waals surface area contributed by atoms with Gasteiger partial charge in [0.05, 0.1) is 12.3 Å². The van der Waals surface area contributed by atoms with Crippen molar-refractivity contribution >= 4 is 11.7 Å². The van der Waals surface area contributed by atoms with Crippen LogP contribution in [0.25, 0.3) is 0 Å². The average Bonchev–Trinajstić information content (AvgIpc) is 2.69. The van der Waals surface area contributed by atoms with Crippen LogP contribution in [0.5, 0.6) is 5.75 Å². The number of aryl methyl sites for hydroxylation is 1. The van der Waals surface area contributed by atoms with E-state index in [-0.39, 0.29) is 6.03 Å². The third-order valence-corrected chi connectivity index (χ3v) is 5.13. The zero-order chi connectivity index (χ0) is 17.1. The van der Waals surface area contributed by atoms with E-state index in [1.807, 2.05) is 29.4 Å². The summed E-state index contributed by atoms with van der Waals surface area (Å²) in [7, 11) is 0. The second kappa shape index (κ2) is 7.13. The van der Waals surface area contributed by atoms with E-state index in [0.717, 1.165) is 56.8 Å². The van der Waals surface area contributed by atoms with Gasteiger partial charge < -0.3 is 15.0 Å². The molecule has 2 amide bonds. The number of nitrogens with one attached hydrogen (secondary N) is 1. The number of ether oxygens (including phenoxy) is 1. The summed E-state index contributed by atoms with van der Waals surface area (Å²) in [5.74, 6) is 1.36. The molecule has 5 heteroatoms. The number of carbonyl (C=O) groups is 1. The first kappa shape index (κ1) is 15.9. The van der Waals surface area contributed by atoms with Crippen molar-refractivity contribution in [3.63, 3.8) is 0 Å². The molecule has 25 heavy (non-hydrogen) atoms. The molecule has 5 nitrogen and oxygen atoms in total. The second-order valence-electron chi connectivity index (χ2n) is 6.72. The maximum Gasteiger partial charge on any atom is 0.321 e. The number of rotatable bonds is 2. The lowest BCUT2D eigenvalue weighted by Crippen LogP contribution is -2.40. The van der Waals surface area contributed by atoms with Gasteiger partial charge in [-0.1, -0.05) is 12.1 Å². The number of fused-ring (bicyclic) bond motifs is 1. The maximum absolute atomic E-state index is 12.6.